The van der Waals surface area contributed by atoms with Crippen molar-refractivity contribution in [2.75, 3.05) is 33.8 Å². The molecule has 6 heteroatoms. The highest BCUT2D eigenvalue weighted by Crippen LogP contribution is 2.20. The number of nitrogens with zero attached hydrogens (tertiary/aromatic N) is 2. The molecule has 0 unspecified atom stereocenters. The molecule has 1 aliphatic rings. The highest BCUT2D eigenvalue weighted by Gasteiger charge is 2.16. The van der Waals surface area contributed by atoms with Crippen LogP contribution in [0.4, 0.5) is 0 Å². The predicted molar refractivity (Wildman–Crippen MR) is 109 cm³/mol. The molecule has 0 aromatic rings. The van der Waals surface area contributed by atoms with E-state index in [-0.39, 0.29) is 11.4 Å². The smallest absolute Gasteiger partial charge is 0.240 e. The van der Waals surface area contributed by atoms with Crippen LogP contribution in [0.15, 0.2) is 4.99 Å². The molecule has 0 aromatic carbocycles. The maximum atomic E-state index is 12.0. The first-order valence-electron chi connectivity index (χ1n) is 10.2. The topological polar surface area (TPSA) is 66.0 Å². The monoisotopic (exact) mass is 368 g/mol. The number of carbonyl (C=O) groups is 1. The minimum Gasteiger partial charge on any atom is -0.378 e. The molecule has 6 nitrogen and oxygen atoms in total. The lowest BCUT2D eigenvalue weighted by Crippen LogP contribution is -2.48. The van der Waals surface area contributed by atoms with Crippen molar-refractivity contribution in [1.29, 1.82) is 0 Å². The zero-order chi connectivity index (χ0) is 19.4. The third-order valence-corrected chi connectivity index (χ3v) is 4.48. The third-order valence-electron chi connectivity index (χ3n) is 4.48. The Balaban J connectivity index is 2.10. The van der Waals surface area contributed by atoms with Crippen LogP contribution in [0.2, 0.25) is 0 Å². The van der Waals surface area contributed by atoms with Crippen molar-refractivity contribution in [2.45, 2.75) is 83.8 Å². The van der Waals surface area contributed by atoms with E-state index in [9.17, 15) is 4.79 Å². The number of unbranched alkanes of at least 4 members (excludes halogenated alkanes) is 2. The van der Waals surface area contributed by atoms with Crippen LogP contribution in [0.3, 0.4) is 0 Å². The second-order valence-electron chi connectivity index (χ2n) is 8.32. The van der Waals surface area contributed by atoms with E-state index >= 15 is 0 Å². The fourth-order valence-corrected chi connectivity index (χ4v) is 3.22. The maximum absolute atomic E-state index is 12.0. The Kier molecular flexibility index (Phi) is 10.6. The third kappa shape index (κ3) is 10.6. The minimum absolute atomic E-state index is 0.00260. The highest BCUT2D eigenvalue weighted by atomic mass is 16.5. The first-order chi connectivity index (χ1) is 12.3. The minimum atomic E-state index is -0.214. The van der Waals surface area contributed by atoms with Crippen LogP contribution < -0.4 is 10.6 Å². The van der Waals surface area contributed by atoms with Gasteiger partial charge in [-0.2, -0.15) is 0 Å². The van der Waals surface area contributed by atoms with Gasteiger partial charge in [0.25, 0.3) is 0 Å². The molecule has 1 fully saturated rings. The number of amides is 1. The van der Waals surface area contributed by atoms with Gasteiger partial charge in [0, 0.05) is 32.8 Å². The zero-order valence-electron chi connectivity index (χ0n) is 17.6. The van der Waals surface area contributed by atoms with Crippen molar-refractivity contribution < 1.29 is 9.53 Å². The van der Waals surface area contributed by atoms with Crippen molar-refractivity contribution in [3.8, 4) is 0 Å². The molecule has 1 saturated carbocycles. The Hall–Kier alpha value is -1.30. The summed E-state index contributed by atoms with van der Waals surface area (Å²) >= 11 is 0. The number of nitrogens with one attached hydrogen (secondary N) is 2. The molecule has 0 aliphatic heterocycles. The van der Waals surface area contributed by atoms with Crippen LogP contribution >= 0.6 is 0 Å². The van der Waals surface area contributed by atoms with Gasteiger partial charge in [-0.25, -0.2) is 0 Å². The van der Waals surface area contributed by atoms with Gasteiger partial charge in [0.15, 0.2) is 5.96 Å². The van der Waals surface area contributed by atoms with Crippen LogP contribution in [-0.4, -0.2) is 62.2 Å². The Bertz CT molecular complexity index is 426. The summed E-state index contributed by atoms with van der Waals surface area (Å²) in [5, 5.41) is 6.30. The quantitative estimate of drug-likeness (QED) is 0.373. The summed E-state index contributed by atoms with van der Waals surface area (Å²) in [6.45, 7) is 7.99. The van der Waals surface area contributed by atoms with Gasteiger partial charge in [0.1, 0.15) is 0 Å². The van der Waals surface area contributed by atoms with Crippen LogP contribution in [0.1, 0.15) is 72.1 Å². The number of ether oxygens (including phenoxy) is 1. The summed E-state index contributed by atoms with van der Waals surface area (Å²) in [5.41, 5.74) is -0.214. The summed E-state index contributed by atoms with van der Waals surface area (Å²) in [6.07, 6.45) is 10.4. The number of rotatable bonds is 9. The summed E-state index contributed by atoms with van der Waals surface area (Å²) < 4.78 is 5.96. The predicted octanol–water partition coefficient (Wildman–Crippen LogP) is 2.93. The van der Waals surface area contributed by atoms with Crippen molar-refractivity contribution in [2.24, 2.45) is 4.99 Å². The van der Waals surface area contributed by atoms with Crippen molar-refractivity contribution in [3.05, 3.63) is 0 Å². The molecule has 1 amide bonds. The van der Waals surface area contributed by atoms with Crippen LogP contribution in [0.25, 0.3) is 0 Å². The molecular formula is C20H40N4O2. The SMILES string of the molecule is CN=C(NCCCCCOC1CCCCC1)N(C)CC(=O)NC(C)(C)C. The molecule has 0 heterocycles. The molecule has 0 bridgehead atoms. The fourth-order valence-electron chi connectivity index (χ4n) is 3.22. The van der Waals surface area contributed by atoms with Gasteiger partial charge < -0.3 is 20.3 Å². The van der Waals surface area contributed by atoms with Crippen molar-refractivity contribution in [1.82, 2.24) is 15.5 Å². The van der Waals surface area contributed by atoms with Gasteiger partial charge in [0.05, 0.1) is 12.6 Å². The summed E-state index contributed by atoms with van der Waals surface area (Å²) in [4.78, 5) is 18.1. The second kappa shape index (κ2) is 12.2. The van der Waals surface area contributed by atoms with E-state index in [1.807, 2.05) is 32.7 Å². The molecule has 0 radical (unpaired) electrons. The molecular weight excluding hydrogens is 328 g/mol. The lowest BCUT2D eigenvalue weighted by atomic mass is 9.98. The van der Waals surface area contributed by atoms with E-state index in [2.05, 4.69) is 15.6 Å². The molecule has 0 saturated heterocycles. The fraction of sp³-hybridized carbons (Fsp3) is 0.900. The van der Waals surface area contributed by atoms with E-state index in [1.54, 1.807) is 7.05 Å². The van der Waals surface area contributed by atoms with Gasteiger partial charge >= 0.3 is 0 Å². The molecule has 26 heavy (non-hydrogen) atoms. The first-order valence-corrected chi connectivity index (χ1v) is 10.2. The van der Waals surface area contributed by atoms with E-state index in [0.29, 0.717) is 12.6 Å². The van der Waals surface area contributed by atoms with Gasteiger partial charge in [-0.1, -0.05) is 19.3 Å². The standard InChI is InChI=1S/C20H40N4O2/c1-20(2,3)23-18(25)16-24(5)19(21-4)22-14-10-7-11-15-26-17-12-8-6-9-13-17/h17H,6-16H2,1-5H3,(H,21,22)(H,23,25). The molecule has 0 aromatic heterocycles. The first kappa shape index (κ1) is 22.7. The molecule has 1 aliphatic carbocycles. The van der Waals surface area contributed by atoms with Crippen LogP contribution in [0.5, 0.6) is 0 Å². The van der Waals surface area contributed by atoms with Crippen molar-refractivity contribution in [3.63, 3.8) is 0 Å². The lowest BCUT2D eigenvalue weighted by Gasteiger charge is -2.25. The zero-order valence-corrected chi connectivity index (χ0v) is 17.6. The van der Waals surface area contributed by atoms with E-state index < -0.39 is 0 Å². The number of carbonyl (C=O) groups excluding carboxylic acids is 1. The van der Waals surface area contributed by atoms with Crippen LogP contribution in [0, 0.1) is 0 Å². The molecule has 0 atom stereocenters. The maximum Gasteiger partial charge on any atom is 0.240 e. The number of hydrogen-bond donors (Lipinski definition) is 2. The second-order valence-corrected chi connectivity index (χ2v) is 8.32. The summed E-state index contributed by atoms with van der Waals surface area (Å²) in [7, 11) is 3.63. The van der Waals surface area contributed by atoms with E-state index in [4.69, 9.17) is 4.74 Å². The Morgan fingerprint density at radius 2 is 1.85 bits per heavy atom. The average Bonchev–Trinajstić information content (AvgIpc) is 2.56. The largest absolute Gasteiger partial charge is 0.378 e. The molecule has 0 spiro atoms. The Morgan fingerprint density at radius 3 is 2.46 bits per heavy atom. The van der Waals surface area contributed by atoms with E-state index in [0.717, 1.165) is 38.4 Å². The number of hydrogen-bond acceptors (Lipinski definition) is 3. The normalized spacial score (nSPS) is 16.4. The van der Waals surface area contributed by atoms with Gasteiger partial charge in [-0.3, -0.25) is 9.79 Å². The molecule has 2 N–H and O–H groups in total. The van der Waals surface area contributed by atoms with Gasteiger partial charge in [-0.05, 0) is 52.9 Å². The molecule has 1 rings (SSSR count). The molecule has 152 valence electrons. The Labute approximate surface area is 160 Å². The van der Waals surface area contributed by atoms with Crippen LogP contribution in [-0.2, 0) is 9.53 Å². The van der Waals surface area contributed by atoms with Gasteiger partial charge in [0.2, 0.25) is 5.91 Å². The number of likely N-dealkylation sites (N-methyl/N-ethyl adjacent to an activating group) is 1. The summed E-state index contributed by atoms with van der Waals surface area (Å²) in [5.74, 6) is 0.760. The van der Waals surface area contributed by atoms with E-state index in [1.165, 1.54) is 32.1 Å². The van der Waals surface area contributed by atoms with Gasteiger partial charge in [-0.15, -0.1) is 0 Å². The highest BCUT2D eigenvalue weighted by molar-refractivity contribution is 5.86. The summed E-state index contributed by atoms with van der Waals surface area (Å²) in [6, 6.07) is 0. The van der Waals surface area contributed by atoms with Crippen molar-refractivity contribution >= 4 is 11.9 Å². The Morgan fingerprint density at radius 1 is 1.15 bits per heavy atom. The number of guanidine groups is 1. The average molecular weight is 369 g/mol. The lowest BCUT2D eigenvalue weighted by molar-refractivity contribution is -0.122. The number of aliphatic imine (C=N–C) groups is 1.